The van der Waals surface area contributed by atoms with E-state index in [4.69, 9.17) is 4.84 Å². The van der Waals surface area contributed by atoms with E-state index in [-0.39, 0.29) is 0 Å². The topological polar surface area (TPSA) is 21.3 Å². The summed E-state index contributed by atoms with van der Waals surface area (Å²) < 4.78 is 0. The van der Waals surface area contributed by atoms with Crippen molar-refractivity contribution in [2.45, 2.75) is 6.92 Å². The Labute approximate surface area is 49.8 Å². The number of allylic oxidation sites excluding steroid dienone is 1. The molecule has 2 heteroatoms. The normalized spacial score (nSPS) is 9.62. The van der Waals surface area contributed by atoms with E-state index in [0.29, 0.717) is 6.61 Å². The molecule has 2 nitrogen and oxygen atoms in total. The largest absolute Gasteiger partial charge is 0.275 e. The molecule has 0 aliphatic carbocycles. The highest BCUT2D eigenvalue weighted by atomic mass is 16.6. The highest BCUT2D eigenvalue weighted by Gasteiger charge is 1.70. The first kappa shape index (κ1) is 7.24. The van der Waals surface area contributed by atoms with E-state index in [1.165, 1.54) is 6.20 Å². The van der Waals surface area contributed by atoms with E-state index in [0.717, 1.165) is 0 Å². The van der Waals surface area contributed by atoms with Crippen molar-refractivity contribution in [1.29, 1.82) is 0 Å². The van der Waals surface area contributed by atoms with Crippen LogP contribution >= 0.6 is 0 Å². The van der Waals surface area contributed by atoms with Crippen LogP contribution in [0.25, 0.3) is 0 Å². The van der Waals surface area contributed by atoms with Gasteiger partial charge >= 0.3 is 0 Å². The highest BCUT2D eigenvalue weighted by molar-refractivity contribution is 4.75. The van der Waals surface area contributed by atoms with Gasteiger partial charge in [0.15, 0.2) is 0 Å². The first-order chi connectivity index (χ1) is 3.91. The zero-order valence-electron chi connectivity index (χ0n) is 5.05. The number of hydrogen-bond acceptors (Lipinski definition) is 2. The summed E-state index contributed by atoms with van der Waals surface area (Å²) in [5.41, 5.74) is 2.50. The highest BCUT2D eigenvalue weighted by Crippen LogP contribution is 1.70. The Morgan fingerprint density at radius 3 is 3.00 bits per heavy atom. The van der Waals surface area contributed by atoms with Gasteiger partial charge in [-0.15, -0.1) is 0 Å². The van der Waals surface area contributed by atoms with Gasteiger partial charge in [-0.2, -0.15) is 0 Å². The summed E-state index contributed by atoms with van der Waals surface area (Å²) in [6, 6.07) is 0. The maximum Gasteiger partial charge on any atom is 0.0927 e. The van der Waals surface area contributed by atoms with Crippen molar-refractivity contribution in [3.63, 3.8) is 0 Å². The molecule has 1 N–H and O–H groups in total. The van der Waals surface area contributed by atoms with Crippen LogP contribution in [0.1, 0.15) is 6.92 Å². The fourth-order valence-electron chi connectivity index (χ4n) is 0.251. The lowest BCUT2D eigenvalue weighted by molar-refractivity contribution is 0.0957. The monoisotopic (exact) mass is 113 g/mol. The number of rotatable bonds is 4. The molecule has 0 unspecified atom stereocenters. The second kappa shape index (κ2) is 6.24. The van der Waals surface area contributed by atoms with Crippen LogP contribution in [0.3, 0.4) is 0 Å². The molecule has 0 amide bonds. The molecule has 0 aliphatic rings. The maximum absolute atomic E-state index is 4.77. The minimum Gasteiger partial charge on any atom is -0.275 e. The van der Waals surface area contributed by atoms with Crippen LogP contribution < -0.4 is 5.48 Å². The Morgan fingerprint density at radius 1 is 1.75 bits per heavy atom. The molecule has 0 aliphatic heterocycles. The van der Waals surface area contributed by atoms with Gasteiger partial charge in [-0.25, -0.2) is 0 Å². The van der Waals surface area contributed by atoms with Crippen LogP contribution in [0.15, 0.2) is 24.9 Å². The molecule has 0 aromatic carbocycles. The first-order valence-electron chi connectivity index (χ1n) is 2.51. The molecule has 0 spiro atoms. The van der Waals surface area contributed by atoms with E-state index < -0.39 is 0 Å². The molecule has 0 bridgehead atoms. The van der Waals surface area contributed by atoms with Crippen LogP contribution in [0.5, 0.6) is 0 Å². The van der Waals surface area contributed by atoms with Gasteiger partial charge in [0.25, 0.3) is 0 Å². The third kappa shape index (κ3) is 5.24. The Bertz CT molecular complexity index is 78.6. The van der Waals surface area contributed by atoms with Crippen molar-refractivity contribution in [2.75, 3.05) is 6.61 Å². The average molecular weight is 113 g/mol. The van der Waals surface area contributed by atoms with Crippen molar-refractivity contribution in [3.8, 4) is 0 Å². The van der Waals surface area contributed by atoms with Gasteiger partial charge in [0.2, 0.25) is 0 Å². The van der Waals surface area contributed by atoms with E-state index >= 15 is 0 Å². The Balaban J connectivity index is 2.82. The molecule has 0 rings (SSSR count). The van der Waals surface area contributed by atoms with Crippen LogP contribution in [0.4, 0.5) is 0 Å². The molecule has 0 radical (unpaired) electrons. The van der Waals surface area contributed by atoms with Gasteiger partial charge in [-0.1, -0.05) is 18.7 Å². The molecule has 0 heterocycles. The zero-order chi connectivity index (χ0) is 6.24. The summed E-state index contributed by atoms with van der Waals surface area (Å²) in [5.74, 6) is 0. The van der Waals surface area contributed by atoms with E-state index in [1.807, 2.05) is 19.1 Å². The first-order valence-corrected chi connectivity index (χ1v) is 2.51. The fourth-order valence-corrected chi connectivity index (χ4v) is 0.251. The molecule has 8 heavy (non-hydrogen) atoms. The van der Waals surface area contributed by atoms with Crippen molar-refractivity contribution in [1.82, 2.24) is 5.48 Å². The molecule has 0 atom stereocenters. The van der Waals surface area contributed by atoms with Crippen molar-refractivity contribution in [3.05, 3.63) is 24.9 Å². The lowest BCUT2D eigenvalue weighted by atomic mass is 10.6. The standard InChI is InChI=1S/C6H11NO/c1-3-5-6-8-7-4-2/h3-5,7H,2,6H2,1H3. The van der Waals surface area contributed by atoms with Gasteiger partial charge in [-0.05, 0) is 6.92 Å². The predicted molar refractivity (Wildman–Crippen MR) is 34.1 cm³/mol. The summed E-state index contributed by atoms with van der Waals surface area (Å²) in [4.78, 5) is 4.77. The lowest BCUT2D eigenvalue weighted by Crippen LogP contribution is -2.04. The van der Waals surface area contributed by atoms with E-state index in [1.54, 1.807) is 0 Å². The third-order valence-corrected chi connectivity index (χ3v) is 0.582. The molecule has 46 valence electrons. The summed E-state index contributed by atoms with van der Waals surface area (Å²) in [7, 11) is 0. The smallest absolute Gasteiger partial charge is 0.0927 e. The minimum atomic E-state index is 0.586. The van der Waals surface area contributed by atoms with Gasteiger partial charge in [0, 0.05) is 6.20 Å². The molecule has 0 fully saturated rings. The Hall–Kier alpha value is -0.760. The third-order valence-electron chi connectivity index (χ3n) is 0.582. The van der Waals surface area contributed by atoms with E-state index in [2.05, 4.69) is 12.1 Å². The summed E-state index contributed by atoms with van der Waals surface area (Å²) >= 11 is 0. The van der Waals surface area contributed by atoms with Crippen LogP contribution in [-0.4, -0.2) is 6.61 Å². The molecule has 0 saturated carbocycles. The SMILES string of the molecule is C=CNOCC=CC. The summed E-state index contributed by atoms with van der Waals surface area (Å²) in [6.45, 7) is 5.93. The average Bonchev–Trinajstić information content (AvgIpc) is 1.81. The molecule has 0 aromatic rings. The molecule has 0 aromatic heterocycles. The quantitative estimate of drug-likeness (QED) is 0.336. The second-order valence-electron chi connectivity index (χ2n) is 1.20. The van der Waals surface area contributed by atoms with Gasteiger partial charge in [0.1, 0.15) is 0 Å². The van der Waals surface area contributed by atoms with Crippen molar-refractivity contribution < 1.29 is 4.84 Å². The van der Waals surface area contributed by atoms with Crippen LogP contribution in [0.2, 0.25) is 0 Å². The molecule has 0 saturated heterocycles. The predicted octanol–water partition coefficient (Wildman–Crippen LogP) is 1.23. The van der Waals surface area contributed by atoms with Gasteiger partial charge in [-0.3, -0.25) is 10.3 Å². The Morgan fingerprint density at radius 2 is 2.50 bits per heavy atom. The summed E-state index contributed by atoms with van der Waals surface area (Å²) in [5, 5.41) is 0. The van der Waals surface area contributed by atoms with Crippen molar-refractivity contribution in [2.24, 2.45) is 0 Å². The van der Waals surface area contributed by atoms with Gasteiger partial charge < -0.3 is 0 Å². The lowest BCUT2D eigenvalue weighted by Gasteiger charge is -1.94. The molecular weight excluding hydrogens is 102 g/mol. The van der Waals surface area contributed by atoms with Crippen LogP contribution in [-0.2, 0) is 4.84 Å². The number of hydrogen-bond donors (Lipinski definition) is 1. The van der Waals surface area contributed by atoms with Crippen LogP contribution in [0, 0.1) is 0 Å². The number of hydroxylamine groups is 1. The second-order valence-corrected chi connectivity index (χ2v) is 1.20. The fraction of sp³-hybridized carbons (Fsp3) is 0.333. The summed E-state index contributed by atoms with van der Waals surface area (Å²) in [6.07, 6.45) is 5.31. The minimum absolute atomic E-state index is 0.586. The van der Waals surface area contributed by atoms with Crippen molar-refractivity contribution >= 4 is 0 Å². The van der Waals surface area contributed by atoms with E-state index in [9.17, 15) is 0 Å². The Kier molecular flexibility index (Phi) is 5.65. The van der Waals surface area contributed by atoms with Gasteiger partial charge in [0.05, 0.1) is 6.61 Å². The molecular formula is C6H11NO. The number of nitrogens with one attached hydrogen (secondary N) is 1. The maximum atomic E-state index is 4.77. The zero-order valence-corrected chi connectivity index (χ0v) is 5.05.